The van der Waals surface area contributed by atoms with Crippen LogP contribution in [0.2, 0.25) is 0 Å². The lowest BCUT2D eigenvalue weighted by molar-refractivity contribution is 0.0534. The van der Waals surface area contributed by atoms with Crippen molar-refractivity contribution >= 4 is 0 Å². The van der Waals surface area contributed by atoms with E-state index in [0.29, 0.717) is 5.92 Å². The number of H-pyrrole nitrogens is 1. The summed E-state index contributed by atoms with van der Waals surface area (Å²) in [6.45, 7) is 2.85. The minimum Gasteiger partial charge on any atom is -0.387 e. The van der Waals surface area contributed by atoms with E-state index in [9.17, 15) is 5.11 Å². The number of piperidine rings is 1. The van der Waals surface area contributed by atoms with Gasteiger partial charge in [0.25, 0.3) is 0 Å². The Labute approximate surface area is 118 Å². The molecule has 1 atom stereocenters. The van der Waals surface area contributed by atoms with Crippen molar-refractivity contribution in [3.8, 4) is 0 Å². The highest BCUT2D eigenvalue weighted by atomic mass is 16.3. The van der Waals surface area contributed by atoms with E-state index in [1.807, 2.05) is 24.4 Å². The van der Waals surface area contributed by atoms with E-state index in [-0.39, 0.29) is 0 Å². The molecule has 0 aromatic carbocycles. The first-order chi connectivity index (χ1) is 9.83. The number of imidazole rings is 1. The van der Waals surface area contributed by atoms with Crippen molar-refractivity contribution in [2.24, 2.45) is 5.92 Å². The summed E-state index contributed by atoms with van der Waals surface area (Å²) < 4.78 is 0. The molecule has 0 saturated carbocycles. The van der Waals surface area contributed by atoms with Gasteiger partial charge < -0.3 is 10.1 Å². The van der Waals surface area contributed by atoms with Crippen LogP contribution in [0.25, 0.3) is 0 Å². The molecule has 1 aliphatic heterocycles. The molecular weight excluding hydrogens is 252 g/mol. The van der Waals surface area contributed by atoms with Crippen LogP contribution in [-0.2, 0) is 6.54 Å². The van der Waals surface area contributed by atoms with Gasteiger partial charge in [0.1, 0.15) is 5.82 Å². The summed E-state index contributed by atoms with van der Waals surface area (Å²) in [5, 5.41) is 10.4. The van der Waals surface area contributed by atoms with E-state index in [0.717, 1.165) is 44.0 Å². The Morgan fingerprint density at radius 1 is 1.25 bits per heavy atom. The summed E-state index contributed by atoms with van der Waals surface area (Å²) in [6, 6.07) is 5.71. The third kappa shape index (κ3) is 3.05. The van der Waals surface area contributed by atoms with E-state index >= 15 is 0 Å². The normalized spacial score (nSPS) is 19.1. The maximum Gasteiger partial charge on any atom is 0.120 e. The highest BCUT2D eigenvalue weighted by Gasteiger charge is 2.27. The van der Waals surface area contributed by atoms with Gasteiger partial charge in [0.2, 0.25) is 0 Å². The summed E-state index contributed by atoms with van der Waals surface area (Å²) in [6.07, 6.45) is 6.93. The summed E-state index contributed by atoms with van der Waals surface area (Å²) >= 11 is 0. The average molecular weight is 272 g/mol. The van der Waals surface area contributed by atoms with Gasteiger partial charge in [-0.2, -0.15) is 0 Å². The molecule has 0 aliphatic carbocycles. The third-order valence-electron chi connectivity index (χ3n) is 4.00. The fraction of sp³-hybridized carbons (Fsp3) is 0.467. The van der Waals surface area contributed by atoms with Gasteiger partial charge in [0.05, 0.1) is 18.3 Å². The average Bonchev–Trinajstić information content (AvgIpc) is 3.01. The molecule has 1 fully saturated rings. The van der Waals surface area contributed by atoms with Crippen molar-refractivity contribution in [2.75, 3.05) is 13.1 Å². The van der Waals surface area contributed by atoms with E-state index in [2.05, 4.69) is 19.9 Å². The number of nitrogens with one attached hydrogen (secondary N) is 1. The van der Waals surface area contributed by atoms with Gasteiger partial charge in [0, 0.05) is 18.6 Å². The second kappa shape index (κ2) is 6.15. The molecule has 3 rings (SSSR count). The fourth-order valence-corrected chi connectivity index (χ4v) is 2.82. The Balaban J connectivity index is 1.53. The van der Waals surface area contributed by atoms with Crippen LogP contribution < -0.4 is 0 Å². The monoisotopic (exact) mass is 272 g/mol. The van der Waals surface area contributed by atoms with Crippen molar-refractivity contribution < 1.29 is 5.11 Å². The van der Waals surface area contributed by atoms with Gasteiger partial charge in [-0.05, 0) is 44.0 Å². The summed E-state index contributed by atoms with van der Waals surface area (Å²) in [5.74, 6) is 1.31. The van der Waals surface area contributed by atoms with Crippen LogP contribution >= 0.6 is 0 Å². The quantitative estimate of drug-likeness (QED) is 0.890. The SMILES string of the molecule is OC(c1ccccn1)C1CCN(Cc2ncc[nH]2)CC1. The molecule has 0 bridgehead atoms. The summed E-state index contributed by atoms with van der Waals surface area (Å²) in [5.41, 5.74) is 0.789. The lowest BCUT2D eigenvalue weighted by Gasteiger charge is -2.33. The number of pyridine rings is 1. The Morgan fingerprint density at radius 2 is 2.10 bits per heavy atom. The molecule has 20 heavy (non-hydrogen) atoms. The van der Waals surface area contributed by atoms with Crippen molar-refractivity contribution in [2.45, 2.75) is 25.5 Å². The van der Waals surface area contributed by atoms with Crippen molar-refractivity contribution in [3.05, 3.63) is 48.3 Å². The van der Waals surface area contributed by atoms with Gasteiger partial charge in [-0.1, -0.05) is 6.07 Å². The Morgan fingerprint density at radius 3 is 2.75 bits per heavy atom. The lowest BCUT2D eigenvalue weighted by atomic mass is 9.89. The number of likely N-dealkylation sites (tertiary alicyclic amines) is 1. The first-order valence-corrected chi connectivity index (χ1v) is 7.12. The second-order valence-corrected chi connectivity index (χ2v) is 5.35. The highest BCUT2D eigenvalue weighted by molar-refractivity contribution is 5.08. The fourth-order valence-electron chi connectivity index (χ4n) is 2.82. The molecule has 106 valence electrons. The van der Waals surface area contributed by atoms with Gasteiger partial charge >= 0.3 is 0 Å². The van der Waals surface area contributed by atoms with E-state index in [1.54, 1.807) is 12.4 Å². The predicted octanol–water partition coefficient (Wildman–Crippen LogP) is 1.75. The predicted molar refractivity (Wildman–Crippen MR) is 75.8 cm³/mol. The molecular formula is C15H20N4O. The van der Waals surface area contributed by atoms with Crippen LogP contribution in [0.5, 0.6) is 0 Å². The maximum absolute atomic E-state index is 10.4. The molecule has 5 nitrogen and oxygen atoms in total. The number of rotatable bonds is 4. The van der Waals surface area contributed by atoms with Crippen LogP contribution in [0.1, 0.15) is 30.5 Å². The summed E-state index contributed by atoms with van der Waals surface area (Å²) in [7, 11) is 0. The molecule has 2 aromatic rings. The van der Waals surface area contributed by atoms with Crippen LogP contribution in [0.3, 0.4) is 0 Å². The third-order valence-corrected chi connectivity index (χ3v) is 4.00. The number of nitrogens with zero attached hydrogens (tertiary/aromatic N) is 3. The van der Waals surface area contributed by atoms with E-state index in [1.165, 1.54) is 0 Å². The molecule has 2 aromatic heterocycles. The van der Waals surface area contributed by atoms with Crippen LogP contribution in [-0.4, -0.2) is 38.0 Å². The zero-order valence-corrected chi connectivity index (χ0v) is 11.4. The molecule has 1 unspecified atom stereocenters. The minimum atomic E-state index is -0.443. The van der Waals surface area contributed by atoms with Gasteiger partial charge in [-0.25, -0.2) is 4.98 Å². The first-order valence-electron chi connectivity index (χ1n) is 7.12. The lowest BCUT2D eigenvalue weighted by Crippen LogP contribution is -2.35. The molecule has 2 N–H and O–H groups in total. The highest BCUT2D eigenvalue weighted by Crippen LogP contribution is 2.29. The number of aromatic nitrogens is 3. The number of aromatic amines is 1. The van der Waals surface area contributed by atoms with E-state index < -0.39 is 6.10 Å². The first kappa shape index (κ1) is 13.3. The largest absolute Gasteiger partial charge is 0.387 e. The Kier molecular flexibility index (Phi) is 4.08. The minimum absolute atomic E-state index is 0.303. The summed E-state index contributed by atoms with van der Waals surface area (Å²) in [4.78, 5) is 14.0. The van der Waals surface area contributed by atoms with Crippen molar-refractivity contribution in [3.63, 3.8) is 0 Å². The molecule has 0 radical (unpaired) electrons. The maximum atomic E-state index is 10.4. The number of hydrogen-bond acceptors (Lipinski definition) is 4. The van der Waals surface area contributed by atoms with Crippen LogP contribution in [0, 0.1) is 5.92 Å². The Hall–Kier alpha value is -1.72. The molecule has 0 spiro atoms. The van der Waals surface area contributed by atoms with Crippen molar-refractivity contribution in [1.82, 2.24) is 19.9 Å². The smallest absolute Gasteiger partial charge is 0.120 e. The van der Waals surface area contributed by atoms with E-state index in [4.69, 9.17) is 0 Å². The molecule has 5 heteroatoms. The molecule has 3 heterocycles. The topological polar surface area (TPSA) is 65.0 Å². The molecule has 1 saturated heterocycles. The van der Waals surface area contributed by atoms with Gasteiger partial charge in [-0.3, -0.25) is 9.88 Å². The van der Waals surface area contributed by atoms with Crippen LogP contribution in [0.15, 0.2) is 36.8 Å². The zero-order valence-electron chi connectivity index (χ0n) is 11.4. The van der Waals surface area contributed by atoms with Crippen molar-refractivity contribution in [1.29, 1.82) is 0 Å². The van der Waals surface area contributed by atoms with Crippen LogP contribution in [0.4, 0.5) is 0 Å². The van der Waals surface area contributed by atoms with Gasteiger partial charge in [0.15, 0.2) is 0 Å². The number of aliphatic hydroxyl groups excluding tert-OH is 1. The zero-order chi connectivity index (χ0) is 13.8. The molecule has 0 amide bonds. The molecule has 1 aliphatic rings. The van der Waals surface area contributed by atoms with Gasteiger partial charge in [-0.15, -0.1) is 0 Å². The Bertz CT molecular complexity index is 506. The number of aliphatic hydroxyl groups is 1. The standard InChI is InChI=1S/C15H20N4O/c20-15(13-3-1-2-6-16-13)12-4-9-19(10-5-12)11-14-17-7-8-18-14/h1-3,6-8,12,15,20H,4-5,9-11H2,(H,17,18). The second-order valence-electron chi connectivity index (χ2n) is 5.35. The number of hydrogen-bond donors (Lipinski definition) is 2.